The molecule has 0 saturated carbocycles. The fourth-order valence-corrected chi connectivity index (χ4v) is 2.88. The summed E-state index contributed by atoms with van der Waals surface area (Å²) in [5.74, 6) is 0.466. The predicted molar refractivity (Wildman–Crippen MR) is 77.2 cm³/mol. The highest BCUT2D eigenvalue weighted by atomic mass is 32.2. The summed E-state index contributed by atoms with van der Waals surface area (Å²) in [7, 11) is -2.18. The van der Waals surface area contributed by atoms with Gasteiger partial charge in [-0.3, -0.25) is 4.72 Å². The van der Waals surface area contributed by atoms with Crippen LogP contribution in [0.1, 0.15) is 11.3 Å². The number of ether oxygens (including phenoxy) is 1. The maximum atomic E-state index is 12.3. The first-order chi connectivity index (χ1) is 9.46. The number of nitrogens with two attached hydrogens (primary N) is 1. The summed E-state index contributed by atoms with van der Waals surface area (Å²) in [4.78, 5) is 2.95. The first kappa shape index (κ1) is 14.4. The van der Waals surface area contributed by atoms with Crippen molar-refractivity contribution in [2.45, 2.75) is 18.4 Å². The van der Waals surface area contributed by atoms with E-state index in [9.17, 15) is 8.42 Å². The highest BCUT2D eigenvalue weighted by Gasteiger charge is 2.18. The Morgan fingerprint density at radius 1 is 1.35 bits per heavy atom. The number of hydrogen-bond donors (Lipinski definition) is 3. The number of aryl methyl sites for hydroxylation is 1. The van der Waals surface area contributed by atoms with Gasteiger partial charge in [-0.2, -0.15) is 0 Å². The number of nitrogens with one attached hydrogen (secondary N) is 2. The second kappa shape index (κ2) is 5.56. The zero-order valence-electron chi connectivity index (χ0n) is 11.3. The lowest BCUT2D eigenvalue weighted by atomic mass is 10.2. The maximum Gasteiger partial charge on any atom is 0.263 e. The first-order valence-electron chi connectivity index (χ1n) is 6.01. The standard InChI is InChI=1S/C13H17N3O3S/c1-9-3-4-13(19-2)12(5-9)16-20(17,18)11-6-10(7-14)15-8-11/h3-6,8,15-16H,7,14H2,1-2H3. The number of aromatic nitrogens is 1. The van der Waals surface area contributed by atoms with Crippen LogP contribution in [0.5, 0.6) is 5.75 Å². The SMILES string of the molecule is COc1ccc(C)cc1NS(=O)(=O)c1c[nH]c(CN)c1. The Kier molecular flexibility index (Phi) is 4.01. The second-order valence-corrected chi connectivity index (χ2v) is 6.06. The molecule has 108 valence electrons. The lowest BCUT2D eigenvalue weighted by molar-refractivity contribution is 0.417. The van der Waals surface area contributed by atoms with E-state index >= 15 is 0 Å². The van der Waals surface area contributed by atoms with E-state index in [0.29, 0.717) is 17.1 Å². The Labute approximate surface area is 118 Å². The summed E-state index contributed by atoms with van der Waals surface area (Å²) in [5, 5.41) is 0. The van der Waals surface area contributed by atoms with Crippen molar-refractivity contribution >= 4 is 15.7 Å². The third kappa shape index (κ3) is 2.94. The van der Waals surface area contributed by atoms with E-state index in [1.54, 1.807) is 12.1 Å². The van der Waals surface area contributed by atoms with E-state index in [-0.39, 0.29) is 11.4 Å². The Bertz CT molecular complexity index is 707. The monoisotopic (exact) mass is 295 g/mol. The molecule has 0 saturated heterocycles. The molecule has 2 aromatic rings. The smallest absolute Gasteiger partial charge is 0.263 e. The van der Waals surface area contributed by atoms with Crippen LogP contribution in [0.4, 0.5) is 5.69 Å². The van der Waals surface area contributed by atoms with Crippen molar-refractivity contribution in [3.8, 4) is 5.75 Å². The molecule has 2 rings (SSSR count). The Morgan fingerprint density at radius 2 is 2.10 bits per heavy atom. The number of H-pyrrole nitrogens is 1. The van der Waals surface area contributed by atoms with E-state index in [4.69, 9.17) is 10.5 Å². The van der Waals surface area contributed by atoms with Gasteiger partial charge in [0.2, 0.25) is 0 Å². The van der Waals surface area contributed by atoms with Crippen LogP contribution < -0.4 is 15.2 Å². The summed E-state index contributed by atoms with van der Waals surface area (Å²) in [5.41, 5.74) is 7.45. The molecule has 0 aliphatic carbocycles. The summed E-state index contributed by atoms with van der Waals surface area (Å²) in [6, 6.07) is 6.78. The lowest BCUT2D eigenvalue weighted by Gasteiger charge is -2.11. The molecular weight excluding hydrogens is 278 g/mol. The zero-order chi connectivity index (χ0) is 14.8. The molecule has 0 radical (unpaired) electrons. The molecule has 0 atom stereocenters. The molecule has 0 aliphatic rings. The molecule has 1 aromatic heterocycles. The topological polar surface area (TPSA) is 97.2 Å². The van der Waals surface area contributed by atoms with Crippen LogP contribution >= 0.6 is 0 Å². The van der Waals surface area contributed by atoms with E-state index in [0.717, 1.165) is 5.56 Å². The number of methoxy groups -OCH3 is 1. The van der Waals surface area contributed by atoms with Crippen LogP contribution in [0, 0.1) is 6.92 Å². The van der Waals surface area contributed by atoms with Gasteiger partial charge in [-0.15, -0.1) is 0 Å². The van der Waals surface area contributed by atoms with Crippen LogP contribution in [0.3, 0.4) is 0 Å². The van der Waals surface area contributed by atoms with Crippen LogP contribution in [0.25, 0.3) is 0 Å². The minimum absolute atomic E-state index is 0.140. The summed E-state index contributed by atoms with van der Waals surface area (Å²) in [6.45, 7) is 2.13. The van der Waals surface area contributed by atoms with Gasteiger partial charge in [-0.1, -0.05) is 6.07 Å². The predicted octanol–water partition coefficient (Wildman–Crippen LogP) is 1.59. The highest BCUT2D eigenvalue weighted by Crippen LogP contribution is 2.27. The third-order valence-electron chi connectivity index (χ3n) is 2.85. The second-order valence-electron chi connectivity index (χ2n) is 4.37. The van der Waals surface area contributed by atoms with Crippen molar-refractivity contribution in [1.29, 1.82) is 0 Å². The van der Waals surface area contributed by atoms with Gasteiger partial charge in [0.1, 0.15) is 10.6 Å². The van der Waals surface area contributed by atoms with Crippen molar-refractivity contribution < 1.29 is 13.2 Å². The van der Waals surface area contributed by atoms with E-state index in [2.05, 4.69) is 9.71 Å². The van der Waals surface area contributed by atoms with Crippen molar-refractivity contribution in [3.63, 3.8) is 0 Å². The molecule has 6 nitrogen and oxygen atoms in total. The highest BCUT2D eigenvalue weighted by molar-refractivity contribution is 7.92. The van der Waals surface area contributed by atoms with Crippen molar-refractivity contribution in [2.24, 2.45) is 5.73 Å². The minimum Gasteiger partial charge on any atom is -0.495 e. The third-order valence-corrected chi connectivity index (χ3v) is 4.19. The number of benzene rings is 1. The molecule has 0 fully saturated rings. The summed E-state index contributed by atoms with van der Waals surface area (Å²) >= 11 is 0. The van der Waals surface area contributed by atoms with Gasteiger partial charge in [0.05, 0.1) is 12.8 Å². The van der Waals surface area contributed by atoms with Crippen LogP contribution in [-0.4, -0.2) is 20.5 Å². The first-order valence-corrected chi connectivity index (χ1v) is 7.49. The quantitative estimate of drug-likeness (QED) is 0.780. The van der Waals surface area contributed by atoms with E-state index in [1.165, 1.54) is 19.4 Å². The fourth-order valence-electron chi connectivity index (χ4n) is 1.80. The molecule has 1 aromatic carbocycles. The van der Waals surface area contributed by atoms with E-state index in [1.807, 2.05) is 13.0 Å². The normalized spacial score (nSPS) is 11.3. The van der Waals surface area contributed by atoms with Crippen molar-refractivity contribution in [2.75, 3.05) is 11.8 Å². The van der Waals surface area contributed by atoms with Gasteiger partial charge in [-0.05, 0) is 30.7 Å². The van der Waals surface area contributed by atoms with Crippen LogP contribution in [-0.2, 0) is 16.6 Å². The van der Waals surface area contributed by atoms with Gasteiger partial charge < -0.3 is 15.5 Å². The Morgan fingerprint density at radius 3 is 2.70 bits per heavy atom. The maximum absolute atomic E-state index is 12.3. The molecule has 0 aliphatic heterocycles. The average Bonchev–Trinajstić information content (AvgIpc) is 2.88. The number of aromatic amines is 1. The molecular formula is C13H17N3O3S. The van der Waals surface area contributed by atoms with E-state index < -0.39 is 10.0 Å². The van der Waals surface area contributed by atoms with Crippen LogP contribution in [0.2, 0.25) is 0 Å². The van der Waals surface area contributed by atoms with Gasteiger partial charge >= 0.3 is 0 Å². The van der Waals surface area contributed by atoms with Crippen molar-refractivity contribution in [1.82, 2.24) is 4.98 Å². The molecule has 0 unspecified atom stereocenters. The number of anilines is 1. The Hall–Kier alpha value is -1.99. The van der Waals surface area contributed by atoms with Gasteiger partial charge in [0.15, 0.2) is 0 Å². The number of sulfonamides is 1. The fraction of sp³-hybridized carbons (Fsp3) is 0.231. The van der Waals surface area contributed by atoms with Gasteiger partial charge in [0, 0.05) is 18.4 Å². The molecule has 7 heteroatoms. The average molecular weight is 295 g/mol. The lowest BCUT2D eigenvalue weighted by Crippen LogP contribution is -2.13. The largest absolute Gasteiger partial charge is 0.495 e. The van der Waals surface area contributed by atoms with Crippen LogP contribution in [0.15, 0.2) is 35.4 Å². The number of hydrogen-bond acceptors (Lipinski definition) is 4. The number of rotatable bonds is 5. The molecule has 1 heterocycles. The molecule has 0 bridgehead atoms. The molecule has 0 spiro atoms. The zero-order valence-corrected chi connectivity index (χ0v) is 12.1. The minimum atomic E-state index is -3.67. The van der Waals surface area contributed by atoms with Crippen molar-refractivity contribution in [3.05, 3.63) is 41.7 Å². The molecule has 0 amide bonds. The summed E-state index contributed by atoms with van der Waals surface area (Å²) in [6.07, 6.45) is 1.41. The summed E-state index contributed by atoms with van der Waals surface area (Å²) < 4.78 is 32.2. The van der Waals surface area contributed by atoms with Gasteiger partial charge in [-0.25, -0.2) is 8.42 Å². The molecule has 4 N–H and O–H groups in total. The molecule has 20 heavy (non-hydrogen) atoms. The van der Waals surface area contributed by atoms with Gasteiger partial charge in [0.25, 0.3) is 10.0 Å². The Balaban J connectivity index is 2.35.